The van der Waals surface area contributed by atoms with E-state index in [2.05, 4.69) is 56.1 Å². The van der Waals surface area contributed by atoms with Crippen LogP contribution in [-0.4, -0.2) is 46.7 Å². The van der Waals surface area contributed by atoms with Crippen LogP contribution in [0.4, 0.5) is 0 Å². The number of nitrogens with zero attached hydrogens (tertiary/aromatic N) is 4. The number of rotatable bonds is 6. The van der Waals surface area contributed by atoms with Crippen molar-refractivity contribution in [2.75, 3.05) is 27.0 Å². The molecular formula is C23H26N4O3. The second-order valence-electron chi connectivity index (χ2n) is 7.73. The van der Waals surface area contributed by atoms with Crippen LogP contribution in [0.5, 0.6) is 17.2 Å². The Morgan fingerprint density at radius 2 is 1.87 bits per heavy atom. The molecule has 2 aromatic carbocycles. The zero-order valence-corrected chi connectivity index (χ0v) is 17.2. The van der Waals surface area contributed by atoms with E-state index < -0.39 is 0 Å². The van der Waals surface area contributed by atoms with Crippen molar-refractivity contribution in [3.05, 3.63) is 65.2 Å². The third kappa shape index (κ3) is 3.85. The number of aromatic nitrogens is 3. The molecule has 0 bridgehead atoms. The molecule has 0 fully saturated rings. The van der Waals surface area contributed by atoms with Gasteiger partial charge in [0.15, 0.2) is 11.5 Å². The minimum atomic E-state index is 0.249. The van der Waals surface area contributed by atoms with Gasteiger partial charge < -0.3 is 18.8 Å². The molecule has 0 radical (unpaired) electrons. The van der Waals surface area contributed by atoms with Gasteiger partial charge in [0.2, 0.25) is 12.5 Å². The second kappa shape index (κ2) is 8.36. The van der Waals surface area contributed by atoms with Crippen LogP contribution in [0.25, 0.3) is 0 Å². The standard InChI is InChI=1S/C23H26N4O3/c1-28-19-13-18(14-20-23(19)30-16-29-20)15-26-10-9-22-25-24-21(27(22)12-11-26)8-7-17-5-3-2-4-6-17/h2-6,13-14H,7-12,15-16H2,1H3. The SMILES string of the molecule is COc1cc(CN2CCc3nnc(CCc4ccccc4)n3CC2)cc2c1OCO2. The van der Waals surface area contributed by atoms with Gasteiger partial charge >= 0.3 is 0 Å². The molecule has 30 heavy (non-hydrogen) atoms. The van der Waals surface area contributed by atoms with Crippen molar-refractivity contribution in [2.45, 2.75) is 32.4 Å². The molecule has 0 aliphatic carbocycles. The van der Waals surface area contributed by atoms with Gasteiger partial charge in [-0.2, -0.15) is 0 Å². The molecule has 0 saturated heterocycles. The first-order valence-corrected chi connectivity index (χ1v) is 10.4. The molecule has 3 heterocycles. The number of methoxy groups -OCH3 is 1. The van der Waals surface area contributed by atoms with Gasteiger partial charge in [-0.15, -0.1) is 10.2 Å². The third-order valence-corrected chi connectivity index (χ3v) is 5.80. The maximum Gasteiger partial charge on any atom is 0.231 e. The molecule has 0 unspecified atom stereocenters. The lowest BCUT2D eigenvalue weighted by Crippen LogP contribution is -2.26. The maximum atomic E-state index is 5.57. The largest absolute Gasteiger partial charge is 0.493 e. The number of hydrogen-bond donors (Lipinski definition) is 0. The lowest BCUT2D eigenvalue weighted by Gasteiger charge is -2.20. The fourth-order valence-corrected chi connectivity index (χ4v) is 4.20. The highest BCUT2D eigenvalue weighted by Crippen LogP contribution is 2.42. The smallest absolute Gasteiger partial charge is 0.231 e. The topological polar surface area (TPSA) is 61.6 Å². The van der Waals surface area contributed by atoms with Gasteiger partial charge in [-0.1, -0.05) is 30.3 Å². The van der Waals surface area contributed by atoms with Crippen molar-refractivity contribution < 1.29 is 14.2 Å². The monoisotopic (exact) mass is 406 g/mol. The molecular weight excluding hydrogens is 380 g/mol. The summed E-state index contributed by atoms with van der Waals surface area (Å²) in [6.07, 6.45) is 2.80. The van der Waals surface area contributed by atoms with E-state index in [1.807, 2.05) is 6.07 Å². The molecule has 0 N–H and O–H groups in total. The summed E-state index contributed by atoms with van der Waals surface area (Å²) < 4.78 is 18.9. The molecule has 0 atom stereocenters. The quantitative estimate of drug-likeness (QED) is 0.627. The highest BCUT2D eigenvalue weighted by molar-refractivity contribution is 5.55. The lowest BCUT2D eigenvalue weighted by atomic mass is 10.1. The maximum absolute atomic E-state index is 5.57. The number of fused-ring (bicyclic) bond motifs is 2. The fraction of sp³-hybridized carbons (Fsp3) is 0.391. The number of aryl methyl sites for hydroxylation is 2. The highest BCUT2D eigenvalue weighted by Gasteiger charge is 2.22. The zero-order valence-electron chi connectivity index (χ0n) is 17.2. The van der Waals surface area contributed by atoms with Gasteiger partial charge in [0, 0.05) is 39.0 Å². The van der Waals surface area contributed by atoms with Crippen LogP contribution < -0.4 is 14.2 Å². The van der Waals surface area contributed by atoms with Crippen molar-refractivity contribution >= 4 is 0 Å². The van der Waals surface area contributed by atoms with E-state index in [4.69, 9.17) is 14.2 Å². The Bertz CT molecular complexity index is 1020. The van der Waals surface area contributed by atoms with Crippen LogP contribution in [0.15, 0.2) is 42.5 Å². The van der Waals surface area contributed by atoms with Gasteiger partial charge in [0.1, 0.15) is 11.6 Å². The molecule has 2 aliphatic heterocycles. The summed E-state index contributed by atoms with van der Waals surface area (Å²) in [4.78, 5) is 2.45. The third-order valence-electron chi connectivity index (χ3n) is 5.80. The Labute approximate surface area is 176 Å². The molecule has 3 aromatic rings. The van der Waals surface area contributed by atoms with Crippen molar-refractivity contribution in [3.63, 3.8) is 0 Å². The van der Waals surface area contributed by atoms with E-state index in [-0.39, 0.29) is 6.79 Å². The predicted molar refractivity (Wildman–Crippen MR) is 112 cm³/mol. The summed E-state index contributed by atoms with van der Waals surface area (Å²) in [5, 5.41) is 8.95. The fourth-order valence-electron chi connectivity index (χ4n) is 4.20. The van der Waals surface area contributed by atoms with E-state index in [9.17, 15) is 0 Å². The van der Waals surface area contributed by atoms with E-state index >= 15 is 0 Å². The number of benzene rings is 2. The lowest BCUT2D eigenvalue weighted by molar-refractivity contribution is 0.171. The van der Waals surface area contributed by atoms with Crippen LogP contribution in [0.1, 0.15) is 22.8 Å². The van der Waals surface area contributed by atoms with Gasteiger partial charge in [-0.3, -0.25) is 4.90 Å². The van der Waals surface area contributed by atoms with Crippen molar-refractivity contribution in [3.8, 4) is 17.2 Å². The van der Waals surface area contributed by atoms with Gasteiger partial charge in [0.25, 0.3) is 0 Å². The van der Waals surface area contributed by atoms with Crippen LogP contribution in [-0.2, 0) is 32.4 Å². The molecule has 5 rings (SSSR count). The summed E-state index contributed by atoms with van der Waals surface area (Å²) in [6, 6.07) is 14.7. The molecule has 1 aromatic heterocycles. The molecule has 156 valence electrons. The van der Waals surface area contributed by atoms with E-state index in [1.54, 1.807) is 7.11 Å². The molecule has 7 nitrogen and oxygen atoms in total. The molecule has 2 aliphatic rings. The first-order chi connectivity index (χ1) is 14.8. The van der Waals surface area contributed by atoms with Crippen molar-refractivity contribution in [1.29, 1.82) is 0 Å². The summed E-state index contributed by atoms with van der Waals surface area (Å²) in [5.74, 6) is 4.37. The Kier molecular flexibility index (Phi) is 5.27. The normalized spacial score (nSPS) is 15.6. The van der Waals surface area contributed by atoms with E-state index in [0.29, 0.717) is 5.75 Å². The minimum Gasteiger partial charge on any atom is -0.493 e. The van der Waals surface area contributed by atoms with Crippen LogP contribution in [0.3, 0.4) is 0 Å². The highest BCUT2D eigenvalue weighted by atomic mass is 16.7. The van der Waals surface area contributed by atoms with Gasteiger partial charge in [-0.25, -0.2) is 0 Å². The first-order valence-electron chi connectivity index (χ1n) is 10.4. The average Bonchev–Trinajstić information content (AvgIpc) is 3.36. The van der Waals surface area contributed by atoms with Crippen molar-refractivity contribution in [2.24, 2.45) is 0 Å². The van der Waals surface area contributed by atoms with Crippen molar-refractivity contribution in [1.82, 2.24) is 19.7 Å². The van der Waals surface area contributed by atoms with Gasteiger partial charge in [-0.05, 0) is 29.7 Å². The first kappa shape index (κ1) is 18.9. The minimum absolute atomic E-state index is 0.249. The van der Waals surface area contributed by atoms with Crippen LogP contribution >= 0.6 is 0 Å². The molecule has 0 amide bonds. The number of hydrogen-bond acceptors (Lipinski definition) is 6. The summed E-state index contributed by atoms with van der Waals surface area (Å²) in [5.41, 5.74) is 2.50. The number of ether oxygens (including phenoxy) is 3. The average molecular weight is 406 g/mol. The Hall–Kier alpha value is -3.06. The summed E-state index contributed by atoms with van der Waals surface area (Å²) in [7, 11) is 1.66. The van der Waals surface area contributed by atoms with Crippen LogP contribution in [0, 0.1) is 0 Å². The zero-order chi connectivity index (χ0) is 20.3. The van der Waals surface area contributed by atoms with E-state index in [1.165, 1.54) is 5.56 Å². The van der Waals surface area contributed by atoms with Gasteiger partial charge in [0.05, 0.1) is 7.11 Å². The molecule has 7 heteroatoms. The second-order valence-corrected chi connectivity index (χ2v) is 7.73. The molecule has 0 saturated carbocycles. The summed E-state index contributed by atoms with van der Waals surface area (Å²) in [6.45, 7) is 3.91. The Morgan fingerprint density at radius 1 is 0.967 bits per heavy atom. The molecule has 0 spiro atoms. The summed E-state index contributed by atoms with van der Waals surface area (Å²) >= 11 is 0. The predicted octanol–water partition coefficient (Wildman–Crippen LogP) is 2.86. The Morgan fingerprint density at radius 3 is 2.73 bits per heavy atom. The Balaban J connectivity index is 1.25. The van der Waals surface area contributed by atoms with E-state index in [0.717, 1.165) is 74.2 Å². The van der Waals surface area contributed by atoms with Crippen LogP contribution in [0.2, 0.25) is 0 Å².